The van der Waals surface area contributed by atoms with Gasteiger partial charge in [-0.05, 0) is 35.9 Å². The first-order valence-corrected chi connectivity index (χ1v) is 10.4. The van der Waals surface area contributed by atoms with Crippen molar-refractivity contribution in [2.45, 2.75) is 6.54 Å². The maximum atomic E-state index is 13.1. The molecule has 0 saturated carbocycles. The molecule has 3 N–H and O–H groups in total. The van der Waals surface area contributed by atoms with Crippen LogP contribution in [0.3, 0.4) is 0 Å². The van der Waals surface area contributed by atoms with Crippen LogP contribution < -0.4 is 30.3 Å². The number of carbonyl (C=O) groups excluding carboxylic acids is 2. The van der Waals surface area contributed by atoms with Crippen molar-refractivity contribution in [2.24, 2.45) is 0 Å². The number of carbonyl (C=O) groups is 2. The van der Waals surface area contributed by atoms with Crippen molar-refractivity contribution in [3.63, 3.8) is 0 Å². The lowest BCUT2D eigenvalue weighted by Crippen LogP contribution is -2.26. The predicted molar refractivity (Wildman–Crippen MR) is 131 cm³/mol. The van der Waals surface area contributed by atoms with E-state index in [1.165, 1.54) is 26.4 Å². The highest BCUT2D eigenvalue weighted by Gasteiger charge is 2.15. The Hall–Kier alpha value is -4.27. The lowest BCUT2D eigenvalue weighted by Gasteiger charge is -2.19. The fraction of sp³-hybridized carbons (Fsp3) is 0.200. The zero-order valence-electron chi connectivity index (χ0n) is 19.4. The van der Waals surface area contributed by atoms with Gasteiger partial charge in [0.1, 0.15) is 17.3 Å². The number of hydrogen-bond donors (Lipinski definition) is 3. The van der Waals surface area contributed by atoms with Crippen LogP contribution in [0.2, 0.25) is 0 Å². The van der Waals surface area contributed by atoms with Crippen molar-refractivity contribution < 1.29 is 23.5 Å². The molecule has 0 radical (unpaired) electrons. The van der Waals surface area contributed by atoms with Gasteiger partial charge in [0.25, 0.3) is 5.91 Å². The molecule has 3 aromatic rings. The van der Waals surface area contributed by atoms with Crippen LogP contribution in [0.15, 0.2) is 60.7 Å². The summed E-state index contributed by atoms with van der Waals surface area (Å²) >= 11 is 0. The molecule has 34 heavy (non-hydrogen) atoms. The number of benzene rings is 3. The second-order valence-electron chi connectivity index (χ2n) is 7.62. The van der Waals surface area contributed by atoms with Gasteiger partial charge in [0.05, 0.1) is 19.8 Å². The first kappa shape index (κ1) is 24.4. The summed E-state index contributed by atoms with van der Waals surface area (Å²) in [6.07, 6.45) is 0. The summed E-state index contributed by atoms with van der Waals surface area (Å²) in [5.74, 6) is 0.402. The van der Waals surface area contributed by atoms with E-state index in [2.05, 4.69) is 16.0 Å². The molecule has 0 bridgehead atoms. The summed E-state index contributed by atoms with van der Waals surface area (Å²) in [4.78, 5) is 27.3. The quantitative estimate of drug-likeness (QED) is 0.455. The highest BCUT2D eigenvalue weighted by atomic mass is 19.1. The molecular formula is C25H27FN4O4. The van der Waals surface area contributed by atoms with Crippen LogP contribution in [0.4, 0.5) is 26.2 Å². The Morgan fingerprint density at radius 1 is 0.853 bits per heavy atom. The fourth-order valence-corrected chi connectivity index (χ4v) is 3.24. The predicted octanol–water partition coefficient (Wildman–Crippen LogP) is 4.48. The van der Waals surface area contributed by atoms with Crippen LogP contribution >= 0.6 is 0 Å². The molecule has 3 aromatic carbocycles. The Bertz CT molecular complexity index is 1140. The molecule has 0 atom stereocenters. The van der Waals surface area contributed by atoms with Crippen molar-refractivity contribution in [1.82, 2.24) is 5.32 Å². The Labute approximate surface area is 197 Å². The Kier molecular flexibility index (Phi) is 7.92. The van der Waals surface area contributed by atoms with Gasteiger partial charge in [-0.3, -0.25) is 4.79 Å². The van der Waals surface area contributed by atoms with E-state index in [0.29, 0.717) is 34.1 Å². The number of hydrogen-bond acceptors (Lipinski definition) is 5. The number of methoxy groups -OCH3 is 2. The van der Waals surface area contributed by atoms with Gasteiger partial charge in [0.15, 0.2) is 0 Å². The van der Waals surface area contributed by atoms with Crippen molar-refractivity contribution >= 4 is 29.0 Å². The van der Waals surface area contributed by atoms with Gasteiger partial charge in [-0.1, -0.05) is 12.1 Å². The van der Waals surface area contributed by atoms with Gasteiger partial charge in [0.2, 0.25) is 0 Å². The molecule has 0 aliphatic carbocycles. The number of amides is 3. The van der Waals surface area contributed by atoms with E-state index >= 15 is 0 Å². The summed E-state index contributed by atoms with van der Waals surface area (Å²) < 4.78 is 23.5. The van der Waals surface area contributed by atoms with E-state index in [9.17, 15) is 14.0 Å². The standard InChI is InChI=1S/C25H27FN4O4/c1-30(2)23-10-9-18(13-22(23)24(31)27-15-16-5-7-17(26)8-6-16)28-25(32)29-19-11-20(33-3)14-21(12-19)34-4/h5-14H,15H2,1-4H3,(H,27,31)(H2,28,29,32). The molecule has 3 rings (SSSR count). The maximum Gasteiger partial charge on any atom is 0.323 e. The number of rotatable bonds is 8. The zero-order valence-corrected chi connectivity index (χ0v) is 19.4. The lowest BCUT2D eigenvalue weighted by molar-refractivity contribution is 0.0951. The monoisotopic (exact) mass is 466 g/mol. The first-order chi connectivity index (χ1) is 16.3. The van der Waals surface area contributed by atoms with Crippen molar-refractivity contribution in [3.05, 3.63) is 77.6 Å². The Morgan fingerprint density at radius 2 is 1.47 bits per heavy atom. The largest absolute Gasteiger partial charge is 0.497 e. The molecule has 178 valence electrons. The molecule has 0 heterocycles. The first-order valence-electron chi connectivity index (χ1n) is 10.4. The summed E-state index contributed by atoms with van der Waals surface area (Å²) in [6, 6.07) is 15.5. The third-order valence-electron chi connectivity index (χ3n) is 4.96. The Balaban J connectivity index is 1.74. The highest BCUT2D eigenvalue weighted by Crippen LogP contribution is 2.27. The van der Waals surface area contributed by atoms with E-state index in [4.69, 9.17) is 9.47 Å². The van der Waals surface area contributed by atoms with E-state index in [0.717, 1.165) is 5.56 Å². The molecule has 8 nitrogen and oxygen atoms in total. The molecule has 0 spiro atoms. The van der Waals surface area contributed by atoms with E-state index in [-0.39, 0.29) is 18.3 Å². The van der Waals surface area contributed by atoms with Crippen LogP contribution in [0.5, 0.6) is 11.5 Å². The minimum Gasteiger partial charge on any atom is -0.497 e. The second-order valence-corrected chi connectivity index (χ2v) is 7.62. The smallest absolute Gasteiger partial charge is 0.323 e. The molecular weight excluding hydrogens is 439 g/mol. The molecule has 3 amide bonds. The highest BCUT2D eigenvalue weighted by molar-refractivity contribution is 6.04. The summed E-state index contributed by atoms with van der Waals surface area (Å²) in [7, 11) is 6.69. The van der Waals surface area contributed by atoms with Gasteiger partial charge >= 0.3 is 6.03 Å². The van der Waals surface area contributed by atoms with E-state index < -0.39 is 6.03 Å². The molecule has 0 aromatic heterocycles. The van der Waals surface area contributed by atoms with E-state index in [1.54, 1.807) is 53.4 Å². The number of nitrogens with one attached hydrogen (secondary N) is 3. The average molecular weight is 467 g/mol. The van der Waals surface area contributed by atoms with Crippen LogP contribution in [-0.2, 0) is 6.54 Å². The summed E-state index contributed by atoms with van der Waals surface area (Å²) in [6.45, 7) is 0.238. The van der Waals surface area contributed by atoms with Crippen molar-refractivity contribution in [2.75, 3.05) is 43.8 Å². The minimum absolute atomic E-state index is 0.238. The average Bonchev–Trinajstić information content (AvgIpc) is 2.82. The van der Waals surface area contributed by atoms with Crippen LogP contribution in [0, 0.1) is 5.82 Å². The molecule has 0 fully saturated rings. The molecule has 9 heteroatoms. The topological polar surface area (TPSA) is 91.9 Å². The number of urea groups is 1. The van der Waals surface area contributed by atoms with Crippen LogP contribution in [0.25, 0.3) is 0 Å². The van der Waals surface area contributed by atoms with E-state index in [1.807, 2.05) is 14.1 Å². The number of halogens is 1. The molecule has 0 unspecified atom stereocenters. The third kappa shape index (κ3) is 6.38. The van der Waals surface area contributed by atoms with Crippen molar-refractivity contribution in [3.8, 4) is 11.5 Å². The SMILES string of the molecule is COc1cc(NC(=O)Nc2ccc(N(C)C)c(C(=O)NCc3ccc(F)cc3)c2)cc(OC)c1. The maximum absolute atomic E-state index is 13.1. The van der Waals surface area contributed by atoms with Gasteiger partial charge in [-0.25, -0.2) is 9.18 Å². The van der Waals surface area contributed by atoms with Gasteiger partial charge in [0, 0.05) is 55.9 Å². The molecule has 0 saturated heterocycles. The number of anilines is 3. The zero-order chi connectivity index (χ0) is 24.7. The normalized spacial score (nSPS) is 10.3. The second kappa shape index (κ2) is 11.0. The lowest BCUT2D eigenvalue weighted by atomic mass is 10.1. The van der Waals surface area contributed by atoms with Crippen LogP contribution in [0.1, 0.15) is 15.9 Å². The van der Waals surface area contributed by atoms with Gasteiger partial charge in [-0.2, -0.15) is 0 Å². The Morgan fingerprint density at radius 3 is 2.06 bits per heavy atom. The van der Waals surface area contributed by atoms with Crippen LogP contribution in [-0.4, -0.2) is 40.3 Å². The van der Waals surface area contributed by atoms with Gasteiger partial charge in [-0.15, -0.1) is 0 Å². The molecule has 0 aliphatic rings. The van der Waals surface area contributed by atoms with Crippen molar-refractivity contribution in [1.29, 1.82) is 0 Å². The molecule has 0 aliphatic heterocycles. The van der Waals surface area contributed by atoms with Gasteiger partial charge < -0.3 is 30.3 Å². The summed E-state index contributed by atoms with van der Waals surface area (Å²) in [5, 5.41) is 8.29. The number of nitrogens with zero attached hydrogens (tertiary/aromatic N) is 1. The fourth-order valence-electron chi connectivity index (χ4n) is 3.24. The minimum atomic E-state index is -0.495. The summed E-state index contributed by atoms with van der Waals surface area (Å²) in [5.41, 5.74) is 2.75. The number of ether oxygens (including phenoxy) is 2. The third-order valence-corrected chi connectivity index (χ3v) is 4.96.